The molecule has 1 fully saturated rings. The Morgan fingerprint density at radius 2 is 2.38 bits per heavy atom. The van der Waals surface area contributed by atoms with E-state index < -0.39 is 0 Å². The minimum atomic E-state index is -0.0289. The number of rotatable bonds is 5. The van der Waals surface area contributed by atoms with E-state index in [-0.39, 0.29) is 12.1 Å². The Morgan fingerprint density at radius 1 is 1.54 bits per heavy atom. The lowest BCUT2D eigenvalue weighted by Crippen LogP contribution is -2.40. The lowest BCUT2D eigenvalue weighted by Gasteiger charge is -2.23. The van der Waals surface area contributed by atoms with Crippen LogP contribution in [0.15, 0.2) is 16.0 Å². The van der Waals surface area contributed by atoms with E-state index in [2.05, 4.69) is 34.7 Å². The average Bonchev–Trinajstić information content (AvgIpc) is 3.26. The molecule has 2 amide bonds. The van der Waals surface area contributed by atoms with E-state index in [1.807, 2.05) is 17.9 Å². The maximum atomic E-state index is 12.5. The van der Waals surface area contributed by atoms with Gasteiger partial charge in [-0.05, 0) is 25.7 Å². The van der Waals surface area contributed by atoms with Crippen LogP contribution in [0, 0.1) is 6.92 Å². The first-order valence-electron chi connectivity index (χ1n) is 8.46. The second kappa shape index (κ2) is 7.34. The number of carbonyl (C=O) groups is 1. The Bertz CT molecular complexity index is 694. The summed E-state index contributed by atoms with van der Waals surface area (Å²) in [6.07, 6.45) is 2.70. The van der Waals surface area contributed by atoms with Crippen molar-refractivity contribution >= 4 is 17.4 Å². The van der Waals surface area contributed by atoms with Gasteiger partial charge in [-0.25, -0.2) is 9.78 Å². The standard InChI is InChI=1S/C17H24N4O2S/c1-11(2)14-10-24-16(19-14)6-7-18-17(22)21-8-4-5-15(21)13-9-12(3)23-20-13/h9-11,15H,4-8H2,1-3H3,(H,18,22). The molecule has 0 bridgehead atoms. The van der Waals surface area contributed by atoms with Gasteiger partial charge >= 0.3 is 6.03 Å². The summed E-state index contributed by atoms with van der Waals surface area (Å²) in [5, 5.41) is 10.3. The van der Waals surface area contributed by atoms with Gasteiger partial charge in [0, 0.05) is 31.0 Å². The average molecular weight is 348 g/mol. The Kier molecular flexibility index (Phi) is 5.18. The molecule has 3 rings (SSSR count). The zero-order chi connectivity index (χ0) is 17.1. The maximum Gasteiger partial charge on any atom is 0.317 e. The topological polar surface area (TPSA) is 71.3 Å². The quantitative estimate of drug-likeness (QED) is 0.895. The third-order valence-corrected chi connectivity index (χ3v) is 5.20. The van der Waals surface area contributed by atoms with Gasteiger partial charge in [-0.2, -0.15) is 0 Å². The lowest BCUT2D eigenvalue weighted by atomic mass is 10.1. The summed E-state index contributed by atoms with van der Waals surface area (Å²) in [4.78, 5) is 18.9. The van der Waals surface area contributed by atoms with Crippen molar-refractivity contribution in [3.05, 3.63) is 33.6 Å². The van der Waals surface area contributed by atoms with Gasteiger partial charge in [0.25, 0.3) is 0 Å². The molecule has 2 aromatic heterocycles. The van der Waals surface area contributed by atoms with Crippen LogP contribution in [-0.4, -0.2) is 34.2 Å². The van der Waals surface area contributed by atoms with Crippen LogP contribution in [0.25, 0.3) is 0 Å². The fourth-order valence-corrected chi connectivity index (χ4v) is 3.90. The summed E-state index contributed by atoms with van der Waals surface area (Å²) in [7, 11) is 0. The second-order valence-electron chi connectivity index (χ2n) is 6.52. The molecule has 1 aliphatic rings. The van der Waals surface area contributed by atoms with Gasteiger partial charge in [0.1, 0.15) is 11.5 Å². The zero-order valence-electron chi connectivity index (χ0n) is 14.4. The van der Waals surface area contributed by atoms with Crippen LogP contribution in [0.1, 0.15) is 60.8 Å². The molecule has 3 heterocycles. The first kappa shape index (κ1) is 17.0. The first-order chi connectivity index (χ1) is 11.5. The van der Waals surface area contributed by atoms with Gasteiger partial charge in [0.15, 0.2) is 0 Å². The summed E-state index contributed by atoms with van der Waals surface area (Å²) < 4.78 is 5.15. The van der Waals surface area contributed by atoms with Gasteiger partial charge in [0.05, 0.1) is 16.7 Å². The predicted octanol–water partition coefficient (Wildman–Crippen LogP) is 3.65. The van der Waals surface area contributed by atoms with E-state index in [0.29, 0.717) is 12.5 Å². The molecule has 0 aromatic carbocycles. The summed E-state index contributed by atoms with van der Waals surface area (Å²) in [5.41, 5.74) is 1.98. The van der Waals surface area contributed by atoms with E-state index in [0.717, 1.165) is 48.0 Å². The molecule has 0 aliphatic carbocycles. The molecule has 0 saturated carbocycles. The molecule has 0 spiro atoms. The number of likely N-dealkylation sites (tertiary alicyclic amines) is 1. The van der Waals surface area contributed by atoms with Crippen molar-refractivity contribution in [1.29, 1.82) is 0 Å². The van der Waals surface area contributed by atoms with Crippen LogP contribution in [0.5, 0.6) is 0 Å². The molecule has 1 saturated heterocycles. The Morgan fingerprint density at radius 3 is 3.04 bits per heavy atom. The molecular weight excluding hydrogens is 324 g/mol. The molecule has 130 valence electrons. The second-order valence-corrected chi connectivity index (χ2v) is 7.46. The third-order valence-electron chi connectivity index (χ3n) is 4.28. The highest BCUT2D eigenvalue weighted by molar-refractivity contribution is 7.09. The molecule has 1 N–H and O–H groups in total. The predicted molar refractivity (Wildman–Crippen MR) is 93.2 cm³/mol. The SMILES string of the molecule is Cc1cc(C2CCCN2C(=O)NCCc2nc(C(C)C)cs2)no1. The lowest BCUT2D eigenvalue weighted by molar-refractivity contribution is 0.191. The van der Waals surface area contributed by atoms with Gasteiger partial charge in [-0.3, -0.25) is 0 Å². The van der Waals surface area contributed by atoms with Crippen molar-refractivity contribution < 1.29 is 9.32 Å². The minimum absolute atomic E-state index is 0.0230. The monoisotopic (exact) mass is 348 g/mol. The van der Waals surface area contributed by atoms with Crippen LogP contribution in [0.4, 0.5) is 4.79 Å². The number of thiazole rings is 1. The largest absolute Gasteiger partial charge is 0.361 e. The third kappa shape index (κ3) is 3.77. The number of hydrogen-bond acceptors (Lipinski definition) is 5. The summed E-state index contributed by atoms with van der Waals surface area (Å²) >= 11 is 1.66. The Balaban J connectivity index is 1.52. The number of urea groups is 1. The van der Waals surface area contributed by atoms with Crippen molar-refractivity contribution in [2.45, 2.75) is 52.0 Å². The molecule has 1 atom stereocenters. The number of nitrogens with one attached hydrogen (secondary N) is 1. The van der Waals surface area contributed by atoms with Crippen molar-refractivity contribution in [3.8, 4) is 0 Å². The van der Waals surface area contributed by atoms with Crippen molar-refractivity contribution in [2.75, 3.05) is 13.1 Å². The number of aromatic nitrogens is 2. The fraction of sp³-hybridized carbons (Fsp3) is 0.588. The molecule has 1 unspecified atom stereocenters. The highest BCUT2D eigenvalue weighted by Crippen LogP contribution is 2.31. The number of hydrogen-bond donors (Lipinski definition) is 1. The van der Waals surface area contributed by atoms with Gasteiger partial charge in [-0.1, -0.05) is 19.0 Å². The van der Waals surface area contributed by atoms with E-state index in [9.17, 15) is 4.79 Å². The van der Waals surface area contributed by atoms with E-state index in [1.54, 1.807) is 11.3 Å². The zero-order valence-corrected chi connectivity index (χ0v) is 15.2. The minimum Gasteiger partial charge on any atom is -0.361 e. The van der Waals surface area contributed by atoms with Crippen LogP contribution in [-0.2, 0) is 6.42 Å². The highest BCUT2D eigenvalue weighted by atomic mass is 32.1. The molecule has 0 radical (unpaired) electrons. The molecule has 2 aromatic rings. The van der Waals surface area contributed by atoms with Crippen molar-refractivity contribution in [1.82, 2.24) is 20.4 Å². The van der Waals surface area contributed by atoms with E-state index in [4.69, 9.17) is 4.52 Å². The van der Waals surface area contributed by atoms with Gasteiger partial charge < -0.3 is 14.7 Å². The number of aryl methyl sites for hydroxylation is 1. The van der Waals surface area contributed by atoms with Crippen molar-refractivity contribution in [3.63, 3.8) is 0 Å². The fourth-order valence-electron chi connectivity index (χ4n) is 2.94. The molecule has 7 heteroatoms. The van der Waals surface area contributed by atoms with Gasteiger partial charge in [-0.15, -0.1) is 11.3 Å². The highest BCUT2D eigenvalue weighted by Gasteiger charge is 2.31. The van der Waals surface area contributed by atoms with Crippen molar-refractivity contribution in [2.24, 2.45) is 0 Å². The van der Waals surface area contributed by atoms with Crippen LogP contribution >= 0.6 is 11.3 Å². The summed E-state index contributed by atoms with van der Waals surface area (Å²) in [5.74, 6) is 1.22. The number of nitrogens with zero attached hydrogens (tertiary/aromatic N) is 3. The Labute approximate surface area is 146 Å². The van der Waals surface area contributed by atoms with Crippen LogP contribution in [0.3, 0.4) is 0 Å². The summed E-state index contributed by atoms with van der Waals surface area (Å²) in [6.45, 7) is 7.51. The number of carbonyl (C=O) groups excluding carboxylic acids is 1. The maximum absolute atomic E-state index is 12.5. The number of amides is 2. The van der Waals surface area contributed by atoms with E-state index >= 15 is 0 Å². The Hall–Kier alpha value is -1.89. The molecule has 1 aliphatic heterocycles. The normalized spacial score (nSPS) is 17.7. The molecule has 6 nitrogen and oxygen atoms in total. The smallest absolute Gasteiger partial charge is 0.317 e. The van der Waals surface area contributed by atoms with Crippen LogP contribution in [0.2, 0.25) is 0 Å². The molecular formula is C17H24N4O2S. The van der Waals surface area contributed by atoms with E-state index in [1.165, 1.54) is 0 Å². The summed E-state index contributed by atoms with van der Waals surface area (Å²) in [6, 6.07) is 1.91. The molecule has 24 heavy (non-hydrogen) atoms. The van der Waals surface area contributed by atoms with Gasteiger partial charge in [0.2, 0.25) is 0 Å². The first-order valence-corrected chi connectivity index (χ1v) is 9.34. The van der Waals surface area contributed by atoms with Crippen LogP contribution < -0.4 is 5.32 Å².